The largest absolute Gasteiger partial charge is 0.493 e. The lowest BCUT2D eigenvalue weighted by Gasteiger charge is -2.26. The number of carbonyl (C=O) groups excluding carboxylic acids is 1. The SMILES string of the molecule is COc1cc2c(cc1OCCN1CCCCC1)C(=O)/C(=C\c1ccncc1)C2. The maximum atomic E-state index is 12.9. The molecule has 0 bridgehead atoms. The van der Waals surface area contributed by atoms with Crippen LogP contribution in [-0.2, 0) is 6.42 Å². The van der Waals surface area contributed by atoms with Crippen molar-refractivity contribution in [1.29, 1.82) is 0 Å². The summed E-state index contributed by atoms with van der Waals surface area (Å²) in [5.74, 6) is 1.41. The van der Waals surface area contributed by atoms with Crippen LogP contribution in [0.25, 0.3) is 6.08 Å². The average Bonchev–Trinajstić information content (AvgIpc) is 3.03. The fraction of sp³-hybridized carbons (Fsp3) is 0.391. The molecule has 0 unspecified atom stereocenters. The van der Waals surface area contributed by atoms with E-state index in [1.807, 2.05) is 30.3 Å². The Balaban J connectivity index is 1.49. The van der Waals surface area contributed by atoms with Gasteiger partial charge in [0.2, 0.25) is 0 Å². The molecule has 0 radical (unpaired) electrons. The highest BCUT2D eigenvalue weighted by Gasteiger charge is 2.27. The standard InChI is InChI=1S/C23H26N2O3/c1-27-21-15-18-14-19(13-17-5-7-24-8-6-17)23(26)20(18)16-22(21)28-12-11-25-9-3-2-4-10-25/h5-8,13,15-16H,2-4,9-12,14H2,1H3/b19-13-. The number of fused-ring (bicyclic) bond motifs is 1. The zero-order chi connectivity index (χ0) is 19.3. The van der Waals surface area contributed by atoms with Crippen LogP contribution in [0.5, 0.6) is 11.5 Å². The van der Waals surface area contributed by atoms with Crippen molar-refractivity contribution in [3.63, 3.8) is 0 Å². The number of Topliss-reactive ketones (excluding diaryl/α,β-unsaturated/α-hetero) is 1. The zero-order valence-electron chi connectivity index (χ0n) is 16.3. The number of piperidine rings is 1. The summed E-state index contributed by atoms with van der Waals surface area (Å²) in [6, 6.07) is 7.59. The van der Waals surface area contributed by atoms with Crippen molar-refractivity contribution in [3.05, 3.63) is 58.9 Å². The van der Waals surface area contributed by atoms with Crippen molar-refractivity contribution >= 4 is 11.9 Å². The molecule has 0 atom stereocenters. The number of rotatable bonds is 6. The minimum absolute atomic E-state index is 0.0651. The number of benzene rings is 1. The summed E-state index contributed by atoms with van der Waals surface area (Å²) in [6.07, 6.45) is 9.88. The van der Waals surface area contributed by atoms with Crippen LogP contribution in [0, 0.1) is 0 Å². The molecule has 146 valence electrons. The molecule has 0 spiro atoms. The lowest BCUT2D eigenvalue weighted by atomic mass is 10.1. The number of hydrogen-bond donors (Lipinski definition) is 0. The number of nitrogens with zero attached hydrogens (tertiary/aromatic N) is 2. The number of aromatic nitrogens is 1. The van der Waals surface area contributed by atoms with Gasteiger partial charge in [-0.25, -0.2) is 0 Å². The van der Waals surface area contributed by atoms with Gasteiger partial charge in [0.1, 0.15) is 6.61 Å². The Morgan fingerprint density at radius 1 is 1.11 bits per heavy atom. The van der Waals surface area contributed by atoms with E-state index in [-0.39, 0.29) is 5.78 Å². The van der Waals surface area contributed by atoms with E-state index in [9.17, 15) is 4.79 Å². The highest BCUT2D eigenvalue weighted by atomic mass is 16.5. The topological polar surface area (TPSA) is 51.7 Å². The highest BCUT2D eigenvalue weighted by Crippen LogP contribution is 2.37. The van der Waals surface area contributed by atoms with Crippen LogP contribution in [0.2, 0.25) is 0 Å². The van der Waals surface area contributed by atoms with E-state index in [2.05, 4.69) is 9.88 Å². The summed E-state index contributed by atoms with van der Waals surface area (Å²) in [5, 5.41) is 0. The minimum atomic E-state index is 0.0651. The van der Waals surface area contributed by atoms with Crippen molar-refractivity contribution in [2.75, 3.05) is 33.4 Å². The molecular formula is C23H26N2O3. The van der Waals surface area contributed by atoms with Gasteiger partial charge in [0, 0.05) is 36.5 Å². The van der Waals surface area contributed by atoms with E-state index >= 15 is 0 Å². The molecule has 1 saturated heterocycles. The summed E-state index contributed by atoms with van der Waals surface area (Å²) in [7, 11) is 1.64. The number of ether oxygens (including phenoxy) is 2. The Morgan fingerprint density at radius 3 is 2.64 bits per heavy atom. The van der Waals surface area contributed by atoms with Gasteiger partial charge in [-0.2, -0.15) is 0 Å². The van der Waals surface area contributed by atoms with Crippen LogP contribution in [0.4, 0.5) is 0 Å². The van der Waals surface area contributed by atoms with E-state index in [1.54, 1.807) is 19.5 Å². The van der Waals surface area contributed by atoms with Crippen molar-refractivity contribution in [2.45, 2.75) is 25.7 Å². The van der Waals surface area contributed by atoms with Gasteiger partial charge < -0.3 is 9.47 Å². The molecule has 1 aromatic carbocycles. The highest BCUT2D eigenvalue weighted by molar-refractivity contribution is 6.15. The Labute approximate surface area is 166 Å². The molecule has 1 aliphatic heterocycles. The molecule has 2 heterocycles. The van der Waals surface area contributed by atoms with E-state index in [0.717, 1.165) is 36.3 Å². The van der Waals surface area contributed by atoms with E-state index in [0.29, 0.717) is 30.1 Å². The van der Waals surface area contributed by atoms with Gasteiger partial charge in [-0.1, -0.05) is 6.42 Å². The number of methoxy groups -OCH3 is 1. The van der Waals surface area contributed by atoms with Gasteiger partial charge >= 0.3 is 0 Å². The van der Waals surface area contributed by atoms with Gasteiger partial charge in [0.15, 0.2) is 17.3 Å². The summed E-state index contributed by atoms with van der Waals surface area (Å²) >= 11 is 0. The van der Waals surface area contributed by atoms with E-state index in [4.69, 9.17) is 9.47 Å². The molecule has 5 heteroatoms. The molecule has 4 rings (SSSR count). The quantitative estimate of drug-likeness (QED) is 0.716. The summed E-state index contributed by atoms with van der Waals surface area (Å²) < 4.78 is 11.5. The van der Waals surface area contributed by atoms with Crippen molar-refractivity contribution in [1.82, 2.24) is 9.88 Å². The van der Waals surface area contributed by atoms with E-state index < -0.39 is 0 Å². The predicted octanol–water partition coefficient (Wildman–Crippen LogP) is 3.78. The first-order valence-corrected chi connectivity index (χ1v) is 9.96. The lowest BCUT2D eigenvalue weighted by Crippen LogP contribution is -2.33. The van der Waals surface area contributed by atoms with Crippen LogP contribution in [0.15, 0.2) is 42.2 Å². The molecule has 0 saturated carbocycles. The molecule has 1 fully saturated rings. The second-order valence-electron chi connectivity index (χ2n) is 7.37. The van der Waals surface area contributed by atoms with Gasteiger partial charge in [0.05, 0.1) is 7.11 Å². The Bertz CT molecular complexity index is 871. The van der Waals surface area contributed by atoms with Crippen LogP contribution in [-0.4, -0.2) is 49.0 Å². The third kappa shape index (κ3) is 4.09. The first-order chi connectivity index (χ1) is 13.7. The number of hydrogen-bond acceptors (Lipinski definition) is 5. The van der Waals surface area contributed by atoms with Crippen LogP contribution in [0.1, 0.15) is 40.7 Å². The number of pyridine rings is 1. The normalized spacial score (nSPS) is 18.3. The van der Waals surface area contributed by atoms with E-state index in [1.165, 1.54) is 19.3 Å². The fourth-order valence-corrected chi connectivity index (χ4v) is 3.94. The van der Waals surface area contributed by atoms with Crippen LogP contribution < -0.4 is 9.47 Å². The third-order valence-electron chi connectivity index (χ3n) is 5.47. The van der Waals surface area contributed by atoms with Gasteiger partial charge in [-0.05, 0) is 67.4 Å². The predicted molar refractivity (Wildman–Crippen MR) is 109 cm³/mol. The molecular weight excluding hydrogens is 352 g/mol. The Kier molecular flexibility index (Phi) is 5.72. The molecule has 1 aromatic heterocycles. The minimum Gasteiger partial charge on any atom is -0.493 e. The maximum Gasteiger partial charge on any atom is 0.189 e. The van der Waals surface area contributed by atoms with Crippen molar-refractivity contribution in [2.24, 2.45) is 0 Å². The van der Waals surface area contributed by atoms with Gasteiger partial charge in [-0.15, -0.1) is 0 Å². The third-order valence-corrected chi connectivity index (χ3v) is 5.47. The average molecular weight is 378 g/mol. The molecule has 2 aromatic rings. The van der Waals surface area contributed by atoms with Crippen LogP contribution in [0.3, 0.4) is 0 Å². The van der Waals surface area contributed by atoms with Gasteiger partial charge in [-0.3, -0.25) is 14.7 Å². The van der Waals surface area contributed by atoms with Crippen LogP contribution >= 0.6 is 0 Å². The summed E-state index contributed by atoms with van der Waals surface area (Å²) in [5.41, 5.74) is 3.48. The number of ketones is 1. The lowest BCUT2D eigenvalue weighted by molar-refractivity contribution is 0.104. The second kappa shape index (κ2) is 8.57. The monoisotopic (exact) mass is 378 g/mol. The molecule has 1 aliphatic carbocycles. The van der Waals surface area contributed by atoms with Crippen molar-refractivity contribution < 1.29 is 14.3 Å². The summed E-state index contributed by atoms with van der Waals surface area (Å²) in [6.45, 7) is 3.79. The first kappa shape index (κ1) is 18.7. The Morgan fingerprint density at radius 2 is 1.89 bits per heavy atom. The fourth-order valence-electron chi connectivity index (χ4n) is 3.94. The molecule has 2 aliphatic rings. The molecule has 0 amide bonds. The summed E-state index contributed by atoms with van der Waals surface area (Å²) in [4.78, 5) is 19.3. The maximum absolute atomic E-state index is 12.9. The number of carbonyl (C=O) groups is 1. The molecule has 28 heavy (non-hydrogen) atoms. The molecule has 5 nitrogen and oxygen atoms in total. The Hall–Kier alpha value is -2.66. The first-order valence-electron chi connectivity index (χ1n) is 9.96. The second-order valence-corrected chi connectivity index (χ2v) is 7.37. The van der Waals surface area contributed by atoms with Gasteiger partial charge in [0.25, 0.3) is 0 Å². The zero-order valence-corrected chi connectivity index (χ0v) is 16.3. The van der Waals surface area contributed by atoms with Crippen molar-refractivity contribution in [3.8, 4) is 11.5 Å². The number of allylic oxidation sites excluding steroid dienone is 1. The smallest absolute Gasteiger partial charge is 0.189 e. The molecule has 0 N–H and O–H groups in total. The number of likely N-dealkylation sites (tertiary alicyclic amines) is 1.